The Morgan fingerprint density at radius 2 is 1.65 bits per heavy atom. The van der Waals surface area contributed by atoms with Crippen molar-refractivity contribution in [2.75, 3.05) is 5.32 Å². The van der Waals surface area contributed by atoms with E-state index in [0.29, 0.717) is 23.2 Å². The van der Waals surface area contributed by atoms with Crippen molar-refractivity contribution in [1.82, 2.24) is 19.7 Å². The number of aromatic nitrogens is 4. The number of benzene rings is 2. The summed E-state index contributed by atoms with van der Waals surface area (Å²) in [5.74, 6) is 0.479. The number of hydrogen-bond acceptors (Lipinski definition) is 4. The topological polar surface area (TPSA) is 55.6 Å². The van der Waals surface area contributed by atoms with Gasteiger partial charge in [0.1, 0.15) is 0 Å². The van der Waals surface area contributed by atoms with Crippen LogP contribution in [0.3, 0.4) is 0 Å². The first-order valence-electron chi connectivity index (χ1n) is 8.19. The normalized spacial score (nSPS) is 10.7. The van der Waals surface area contributed by atoms with E-state index in [4.69, 9.17) is 11.6 Å². The van der Waals surface area contributed by atoms with E-state index in [1.165, 1.54) is 5.56 Å². The SMILES string of the molecule is Clc1cnc(Nc2cnn(Cc3ccccc3)c2)nc1-c1ccccc1. The standard InChI is InChI=1S/C20H16ClN5/c21-18-12-22-20(25-19(18)16-9-5-2-6-10-16)24-17-11-23-26(14-17)13-15-7-3-1-4-8-15/h1-12,14H,13H2,(H,22,24,25). The molecule has 0 aliphatic carbocycles. The molecular weight excluding hydrogens is 346 g/mol. The maximum Gasteiger partial charge on any atom is 0.227 e. The highest BCUT2D eigenvalue weighted by Crippen LogP contribution is 2.26. The lowest BCUT2D eigenvalue weighted by atomic mass is 10.1. The molecule has 4 aromatic rings. The predicted molar refractivity (Wildman–Crippen MR) is 104 cm³/mol. The summed E-state index contributed by atoms with van der Waals surface area (Å²) in [6.45, 7) is 0.708. The lowest BCUT2D eigenvalue weighted by Crippen LogP contribution is -2.00. The molecule has 2 aromatic carbocycles. The molecule has 6 heteroatoms. The van der Waals surface area contributed by atoms with Crippen molar-refractivity contribution in [3.8, 4) is 11.3 Å². The Balaban J connectivity index is 1.53. The Kier molecular flexibility index (Phi) is 4.62. The van der Waals surface area contributed by atoms with Gasteiger partial charge in [-0.25, -0.2) is 9.97 Å². The number of nitrogens with zero attached hydrogens (tertiary/aromatic N) is 4. The third-order valence-electron chi connectivity index (χ3n) is 3.87. The fraction of sp³-hybridized carbons (Fsp3) is 0.0500. The minimum Gasteiger partial charge on any atom is -0.321 e. The molecule has 0 fully saturated rings. The summed E-state index contributed by atoms with van der Waals surface area (Å²) in [6.07, 6.45) is 5.28. The molecule has 0 aliphatic heterocycles. The van der Waals surface area contributed by atoms with Gasteiger partial charge in [0.05, 0.1) is 35.3 Å². The van der Waals surface area contributed by atoms with Crippen molar-refractivity contribution < 1.29 is 0 Å². The first kappa shape index (κ1) is 16.3. The number of rotatable bonds is 5. The average Bonchev–Trinajstić information content (AvgIpc) is 3.11. The molecule has 0 saturated carbocycles. The summed E-state index contributed by atoms with van der Waals surface area (Å²) in [4.78, 5) is 8.80. The number of nitrogens with one attached hydrogen (secondary N) is 1. The molecule has 5 nitrogen and oxygen atoms in total. The monoisotopic (exact) mass is 361 g/mol. The fourth-order valence-corrected chi connectivity index (χ4v) is 2.84. The zero-order valence-electron chi connectivity index (χ0n) is 13.9. The molecule has 4 rings (SSSR count). The van der Waals surface area contributed by atoms with E-state index in [1.54, 1.807) is 12.4 Å². The molecular formula is C20H16ClN5. The lowest BCUT2D eigenvalue weighted by molar-refractivity contribution is 0.687. The molecule has 26 heavy (non-hydrogen) atoms. The smallest absolute Gasteiger partial charge is 0.227 e. The van der Waals surface area contributed by atoms with Gasteiger partial charge in [0.15, 0.2) is 0 Å². The van der Waals surface area contributed by atoms with Gasteiger partial charge in [-0.1, -0.05) is 72.3 Å². The largest absolute Gasteiger partial charge is 0.321 e. The average molecular weight is 362 g/mol. The molecule has 0 bridgehead atoms. The zero-order chi connectivity index (χ0) is 17.8. The Hall–Kier alpha value is -3.18. The molecule has 0 radical (unpaired) electrons. The number of anilines is 2. The van der Waals surface area contributed by atoms with E-state index in [9.17, 15) is 0 Å². The van der Waals surface area contributed by atoms with Gasteiger partial charge in [0.25, 0.3) is 0 Å². The van der Waals surface area contributed by atoms with Crippen LogP contribution in [0, 0.1) is 0 Å². The first-order valence-corrected chi connectivity index (χ1v) is 8.57. The molecule has 1 N–H and O–H groups in total. The summed E-state index contributed by atoms with van der Waals surface area (Å²) in [7, 11) is 0. The Labute approximate surface area is 156 Å². The third-order valence-corrected chi connectivity index (χ3v) is 4.14. The molecule has 0 unspecified atom stereocenters. The van der Waals surface area contributed by atoms with E-state index >= 15 is 0 Å². The van der Waals surface area contributed by atoms with Crippen molar-refractivity contribution in [1.29, 1.82) is 0 Å². The van der Waals surface area contributed by atoms with Crippen LogP contribution in [-0.2, 0) is 6.54 Å². The number of halogens is 1. The zero-order valence-corrected chi connectivity index (χ0v) is 14.6. The molecule has 0 aliphatic rings. The lowest BCUT2D eigenvalue weighted by Gasteiger charge is -2.07. The predicted octanol–water partition coefficient (Wildman–Crippen LogP) is 4.79. The van der Waals surface area contributed by atoms with Gasteiger partial charge in [-0.15, -0.1) is 0 Å². The molecule has 0 saturated heterocycles. The molecule has 128 valence electrons. The van der Waals surface area contributed by atoms with Gasteiger partial charge >= 0.3 is 0 Å². The minimum absolute atomic E-state index is 0.479. The highest BCUT2D eigenvalue weighted by molar-refractivity contribution is 6.32. The van der Waals surface area contributed by atoms with Gasteiger partial charge in [-0.2, -0.15) is 5.10 Å². The van der Waals surface area contributed by atoms with E-state index in [1.807, 2.05) is 59.4 Å². The first-order chi connectivity index (χ1) is 12.8. The Morgan fingerprint density at radius 1 is 0.923 bits per heavy atom. The molecule has 0 amide bonds. The summed E-state index contributed by atoms with van der Waals surface area (Å²) >= 11 is 6.26. The van der Waals surface area contributed by atoms with Gasteiger partial charge in [0, 0.05) is 11.8 Å². The van der Waals surface area contributed by atoms with E-state index in [-0.39, 0.29) is 0 Å². The molecule has 2 aromatic heterocycles. The van der Waals surface area contributed by atoms with E-state index in [2.05, 4.69) is 32.5 Å². The van der Waals surface area contributed by atoms with Crippen molar-refractivity contribution in [3.05, 3.63) is 89.8 Å². The number of hydrogen-bond donors (Lipinski definition) is 1. The van der Waals surface area contributed by atoms with Crippen LogP contribution in [0.15, 0.2) is 79.3 Å². The van der Waals surface area contributed by atoms with E-state index in [0.717, 1.165) is 11.3 Å². The summed E-state index contributed by atoms with van der Waals surface area (Å²) in [6, 6.07) is 20.0. The molecule has 0 spiro atoms. The fourth-order valence-electron chi connectivity index (χ4n) is 2.64. The highest BCUT2D eigenvalue weighted by atomic mass is 35.5. The second-order valence-electron chi connectivity index (χ2n) is 5.79. The molecule has 0 atom stereocenters. The van der Waals surface area contributed by atoms with Crippen LogP contribution >= 0.6 is 11.6 Å². The van der Waals surface area contributed by atoms with Crippen LogP contribution in [0.4, 0.5) is 11.6 Å². The summed E-state index contributed by atoms with van der Waals surface area (Å²) in [5, 5.41) is 8.08. The third kappa shape index (κ3) is 3.73. The van der Waals surface area contributed by atoms with Crippen molar-refractivity contribution >= 4 is 23.2 Å². The van der Waals surface area contributed by atoms with Gasteiger partial charge in [-0.05, 0) is 5.56 Å². The van der Waals surface area contributed by atoms with Crippen molar-refractivity contribution in [3.63, 3.8) is 0 Å². The minimum atomic E-state index is 0.479. The van der Waals surface area contributed by atoms with Crippen LogP contribution in [0.2, 0.25) is 5.02 Å². The maximum absolute atomic E-state index is 6.26. The Bertz CT molecular complexity index is 999. The van der Waals surface area contributed by atoms with Crippen LogP contribution in [-0.4, -0.2) is 19.7 Å². The quantitative estimate of drug-likeness (QED) is 0.555. The van der Waals surface area contributed by atoms with Crippen molar-refractivity contribution in [2.24, 2.45) is 0 Å². The van der Waals surface area contributed by atoms with Gasteiger partial charge in [0.2, 0.25) is 5.95 Å². The van der Waals surface area contributed by atoms with E-state index < -0.39 is 0 Å². The van der Waals surface area contributed by atoms with Crippen LogP contribution in [0.1, 0.15) is 5.56 Å². The highest BCUT2D eigenvalue weighted by Gasteiger charge is 2.09. The molecule has 2 heterocycles. The van der Waals surface area contributed by atoms with Crippen LogP contribution in [0.25, 0.3) is 11.3 Å². The van der Waals surface area contributed by atoms with Crippen molar-refractivity contribution in [2.45, 2.75) is 6.54 Å². The summed E-state index contributed by atoms with van der Waals surface area (Å²) < 4.78 is 1.87. The van der Waals surface area contributed by atoms with Crippen LogP contribution in [0.5, 0.6) is 0 Å². The van der Waals surface area contributed by atoms with Gasteiger partial charge < -0.3 is 5.32 Å². The maximum atomic E-state index is 6.26. The van der Waals surface area contributed by atoms with Gasteiger partial charge in [-0.3, -0.25) is 4.68 Å². The summed E-state index contributed by atoms with van der Waals surface area (Å²) in [5.41, 5.74) is 3.66. The Morgan fingerprint density at radius 3 is 2.42 bits per heavy atom. The van der Waals surface area contributed by atoms with Crippen LogP contribution < -0.4 is 5.32 Å². The second kappa shape index (κ2) is 7.37. The second-order valence-corrected chi connectivity index (χ2v) is 6.20.